The highest BCUT2D eigenvalue weighted by molar-refractivity contribution is 5.73. The second-order valence-corrected chi connectivity index (χ2v) is 3.76. The minimum absolute atomic E-state index is 0.0862. The molecule has 6 heteroatoms. The molecule has 5 nitrogen and oxygen atoms in total. The Kier molecular flexibility index (Phi) is 3.26. The van der Waals surface area contributed by atoms with E-state index in [4.69, 9.17) is 20.3 Å². The number of ether oxygens (including phenoxy) is 2. The van der Waals surface area contributed by atoms with E-state index in [9.17, 15) is 9.18 Å². The summed E-state index contributed by atoms with van der Waals surface area (Å²) in [5.41, 5.74) is 6.19. The zero-order valence-electron chi connectivity index (χ0n) is 8.98. The summed E-state index contributed by atoms with van der Waals surface area (Å²) in [5.74, 6) is -1.14. The predicted molar refractivity (Wildman–Crippen MR) is 56.0 cm³/mol. The first-order valence-electron chi connectivity index (χ1n) is 5.08. The molecule has 1 unspecified atom stereocenters. The Hall–Kier alpha value is -1.66. The molecule has 17 heavy (non-hydrogen) atoms. The van der Waals surface area contributed by atoms with Gasteiger partial charge in [0.15, 0.2) is 6.79 Å². The number of hydrogen-bond donors (Lipinski definition) is 2. The largest absolute Gasteiger partial charge is 0.480 e. The van der Waals surface area contributed by atoms with E-state index in [1.54, 1.807) is 0 Å². The van der Waals surface area contributed by atoms with Crippen molar-refractivity contribution in [2.45, 2.75) is 19.1 Å². The van der Waals surface area contributed by atoms with Crippen molar-refractivity contribution in [3.63, 3.8) is 0 Å². The van der Waals surface area contributed by atoms with Crippen molar-refractivity contribution in [2.24, 2.45) is 5.73 Å². The quantitative estimate of drug-likeness (QED) is 0.811. The predicted octanol–water partition coefficient (Wildman–Crippen LogP) is 0.647. The molecule has 92 valence electrons. The molecule has 0 spiro atoms. The van der Waals surface area contributed by atoms with Gasteiger partial charge < -0.3 is 20.3 Å². The molecule has 0 bridgehead atoms. The molecule has 3 N–H and O–H groups in total. The maximum atomic E-state index is 13.6. The summed E-state index contributed by atoms with van der Waals surface area (Å²) in [7, 11) is 0. The van der Waals surface area contributed by atoms with Crippen molar-refractivity contribution >= 4 is 5.97 Å². The van der Waals surface area contributed by atoms with Gasteiger partial charge in [-0.15, -0.1) is 0 Å². The first-order chi connectivity index (χ1) is 8.09. The van der Waals surface area contributed by atoms with Crippen LogP contribution in [-0.2, 0) is 22.6 Å². The van der Waals surface area contributed by atoms with E-state index in [1.165, 1.54) is 12.1 Å². The normalized spacial score (nSPS) is 15.9. The minimum atomic E-state index is -1.17. The van der Waals surface area contributed by atoms with E-state index in [2.05, 4.69) is 0 Å². The van der Waals surface area contributed by atoms with Gasteiger partial charge in [0, 0.05) is 12.0 Å². The number of carboxylic acid groups (broad SMARTS) is 1. The van der Waals surface area contributed by atoms with Crippen molar-refractivity contribution in [1.82, 2.24) is 0 Å². The molecule has 1 aliphatic heterocycles. The summed E-state index contributed by atoms with van der Waals surface area (Å²) in [5, 5.41) is 8.73. The second-order valence-electron chi connectivity index (χ2n) is 3.76. The summed E-state index contributed by atoms with van der Waals surface area (Å²) < 4.78 is 23.9. The molecule has 0 amide bonds. The van der Waals surface area contributed by atoms with Crippen LogP contribution in [-0.4, -0.2) is 23.9 Å². The standard InChI is InChI=1S/C11H12FNO4/c12-8-1-2-10-7(4-16-5-17-10)6(8)3-9(13)11(14)15/h1-2,9H,3-5,13H2,(H,14,15). The van der Waals surface area contributed by atoms with Crippen molar-refractivity contribution in [1.29, 1.82) is 0 Å². The molecule has 1 heterocycles. The van der Waals surface area contributed by atoms with Crippen LogP contribution < -0.4 is 10.5 Å². The van der Waals surface area contributed by atoms with Crippen molar-refractivity contribution in [3.05, 3.63) is 29.1 Å². The molecule has 0 radical (unpaired) electrons. The van der Waals surface area contributed by atoms with Crippen molar-refractivity contribution < 1.29 is 23.8 Å². The van der Waals surface area contributed by atoms with E-state index in [0.29, 0.717) is 11.3 Å². The Morgan fingerprint density at radius 2 is 2.35 bits per heavy atom. The van der Waals surface area contributed by atoms with Gasteiger partial charge in [-0.3, -0.25) is 4.79 Å². The average molecular weight is 241 g/mol. The average Bonchev–Trinajstić information content (AvgIpc) is 2.32. The van der Waals surface area contributed by atoms with E-state index in [-0.39, 0.29) is 25.4 Å². The van der Waals surface area contributed by atoms with Gasteiger partial charge in [-0.2, -0.15) is 0 Å². The lowest BCUT2D eigenvalue weighted by Gasteiger charge is -2.21. The molecule has 0 aliphatic carbocycles. The summed E-state index contributed by atoms with van der Waals surface area (Å²) in [6.45, 7) is 0.317. The second kappa shape index (κ2) is 4.68. The molecule has 0 aromatic heterocycles. The molecule has 1 atom stereocenters. The highest BCUT2D eigenvalue weighted by atomic mass is 19.1. The van der Waals surface area contributed by atoms with Crippen LogP contribution in [0.5, 0.6) is 5.75 Å². The number of carbonyl (C=O) groups is 1. The van der Waals surface area contributed by atoms with Gasteiger partial charge in [-0.1, -0.05) is 0 Å². The summed E-state index contributed by atoms with van der Waals surface area (Å²) in [6, 6.07) is 1.61. The molecule has 0 fully saturated rings. The molecular formula is C11H12FNO4. The van der Waals surface area contributed by atoms with Gasteiger partial charge in [-0.05, 0) is 17.7 Å². The fourth-order valence-electron chi connectivity index (χ4n) is 1.71. The van der Waals surface area contributed by atoms with Gasteiger partial charge in [0.2, 0.25) is 0 Å². The number of hydrogen-bond acceptors (Lipinski definition) is 4. The van der Waals surface area contributed by atoms with Gasteiger partial charge >= 0.3 is 5.97 Å². The number of aliphatic carboxylic acids is 1. The highest BCUT2D eigenvalue weighted by Gasteiger charge is 2.22. The smallest absolute Gasteiger partial charge is 0.320 e. The van der Waals surface area contributed by atoms with E-state index >= 15 is 0 Å². The van der Waals surface area contributed by atoms with Crippen LogP contribution in [0.4, 0.5) is 4.39 Å². The lowest BCUT2D eigenvalue weighted by molar-refractivity contribution is -0.138. The molecule has 1 aromatic rings. The van der Waals surface area contributed by atoms with Gasteiger partial charge in [0.1, 0.15) is 17.6 Å². The number of carboxylic acids is 1. The molecule has 0 saturated carbocycles. The van der Waals surface area contributed by atoms with Crippen LogP contribution in [0.3, 0.4) is 0 Å². The lowest BCUT2D eigenvalue weighted by atomic mass is 9.99. The van der Waals surface area contributed by atoms with Crippen LogP contribution in [0, 0.1) is 5.82 Å². The Bertz CT molecular complexity index is 449. The third-order valence-electron chi connectivity index (χ3n) is 2.62. The Labute approximate surface area is 96.9 Å². The van der Waals surface area contributed by atoms with Crippen LogP contribution >= 0.6 is 0 Å². The molecule has 1 aliphatic rings. The van der Waals surface area contributed by atoms with Gasteiger partial charge in [0.05, 0.1) is 6.61 Å². The van der Waals surface area contributed by atoms with E-state index < -0.39 is 17.8 Å². The maximum absolute atomic E-state index is 13.6. The highest BCUT2D eigenvalue weighted by Crippen LogP contribution is 2.29. The van der Waals surface area contributed by atoms with Crippen molar-refractivity contribution in [2.75, 3.05) is 6.79 Å². The van der Waals surface area contributed by atoms with Crippen LogP contribution in [0.2, 0.25) is 0 Å². The Morgan fingerprint density at radius 3 is 3.06 bits per heavy atom. The maximum Gasteiger partial charge on any atom is 0.320 e. The number of nitrogens with two attached hydrogens (primary N) is 1. The first kappa shape index (κ1) is 11.8. The Balaban J connectivity index is 2.34. The lowest BCUT2D eigenvalue weighted by Crippen LogP contribution is -2.33. The summed E-state index contributed by atoms with van der Waals surface area (Å²) >= 11 is 0. The third-order valence-corrected chi connectivity index (χ3v) is 2.62. The van der Waals surface area contributed by atoms with E-state index in [0.717, 1.165) is 0 Å². The first-order valence-corrected chi connectivity index (χ1v) is 5.08. The zero-order valence-corrected chi connectivity index (χ0v) is 8.98. The molecular weight excluding hydrogens is 229 g/mol. The SMILES string of the molecule is NC(Cc1c(F)ccc2c1COCO2)C(=O)O. The summed E-state index contributed by atoms with van der Waals surface area (Å²) in [4.78, 5) is 10.7. The van der Waals surface area contributed by atoms with Gasteiger partial charge in [-0.25, -0.2) is 4.39 Å². The van der Waals surface area contributed by atoms with Crippen LogP contribution in [0.15, 0.2) is 12.1 Å². The minimum Gasteiger partial charge on any atom is -0.480 e. The number of fused-ring (bicyclic) bond motifs is 1. The molecule has 1 aromatic carbocycles. The fraction of sp³-hybridized carbons (Fsp3) is 0.364. The molecule has 2 rings (SSSR count). The monoisotopic (exact) mass is 241 g/mol. The zero-order chi connectivity index (χ0) is 12.4. The van der Waals surface area contributed by atoms with Gasteiger partial charge in [0.25, 0.3) is 0 Å². The summed E-state index contributed by atoms with van der Waals surface area (Å²) in [6.07, 6.45) is -0.0862. The van der Waals surface area contributed by atoms with Crippen molar-refractivity contribution in [3.8, 4) is 5.75 Å². The number of benzene rings is 1. The fourth-order valence-corrected chi connectivity index (χ4v) is 1.71. The van der Waals surface area contributed by atoms with Crippen LogP contribution in [0.25, 0.3) is 0 Å². The topological polar surface area (TPSA) is 81.8 Å². The Morgan fingerprint density at radius 1 is 1.59 bits per heavy atom. The molecule has 0 saturated heterocycles. The van der Waals surface area contributed by atoms with Crippen LogP contribution in [0.1, 0.15) is 11.1 Å². The third kappa shape index (κ3) is 2.37. The number of rotatable bonds is 3. The van der Waals surface area contributed by atoms with E-state index in [1.807, 2.05) is 0 Å². The number of halogens is 1.